The van der Waals surface area contributed by atoms with Crippen molar-refractivity contribution < 1.29 is 19.2 Å². The maximum Gasteiger partial charge on any atom is 0.345 e. The van der Waals surface area contributed by atoms with Gasteiger partial charge in [0, 0.05) is 5.56 Å². The number of thiazole rings is 1. The Balaban J connectivity index is 1.95. The largest absolute Gasteiger partial charge is 0.497 e. The number of amides is 3. The molecule has 0 atom stereocenters. The number of aromatic nitrogens is 1. The molecule has 0 aliphatic heterocycles. The molecule has 0 fully saturated rings. The van der Waals surface area contributed by atoms with E-state index in [9.17, 15) is 19.7 Å². The van der Waals surface area contributed by atoms with E-state index in [1.165, 1.54) is 19.2 Å². The van der Waals surface area contributed by atoms with Crippen LogP contribution < -0.4 is 15.4 Å². The number of hydrogen-bond acceptors (Lipinski definition) is 7. The molecule has 0 saturated carbocycles. The molecule has 1 heterocycles. The molecule has 0 aliphatic carbocycles. The Labute approximate surface area is 128 Å². The first kappa shape index (κ1) is 15.4. The van der Waals surface area contributed by atoms with Crippen molar-refractivity contribution in [1.29, 1.82) is 0 Å². The summed E-state index contributed by atoms with van der Waals surface area (Å²) in [7, 11) is 1.50. The third-order valence-electron chi connectivity index (χ3n) is 2.47. The second-order valence-corrected chi connectivity index (χ2v) is 4.91. The van der Waals surface area contributed by atoms with Crippen LogP contribution in [0, 0.1) is 10.1 Å². The molecule has 114 valence electrons. The van der Waals surface area contributed by atoms with Crippen LogP contribution in [0.3, 0.4) is 0 Å². The van der Waals surface area contributed by atoms with Crippen LogP contribution in [0.1, 0.15) is 10.4 Å². The summed E-state index contributed by atoms with van der Waals surface area (Å²) in [5, 5.41) is 14.6. The zero-order chi connectivity index (χ0) is 16.1. The molecule has 2 N–H and O–H groups in total. The Hall–Kier alpha value is -3.01. The Morgan fingerprint density at radius 3 is 2.55 bits per heavy atom. The van der Waals surface area contributed by atoms with E-state index in [1.54, 1.807) is 12.1 Å². The molecule has 3 amide bonds. The summed E-state index contributed by atoms with van der Waals surface area (Å²) in [5.41, 5.74) is 0.265. The molecule has 0 saturated heterocycles. The van der Waals surface area contributed by atoms with Gasteiger partial charge in [-0.15, -0.1) is 0 Å². The summed E-state index contributed by atoms with van der Waals surface area (Å²) in [5.74, 6) is -0.0395. The molecule has 0 unspecified atom stereocenters. The summed E-state index contributed by atoms with van der Waals surface area (Å²) in [6, 6.07) is 5.32. The van der Waals surface area contributed by atoms with Gasteiger partial charge < -0.3 is 4.74 Å². The minimum absolute atomic E-state index is 0.0201. The number of carbonyl (C=O) groups is 2. The molecular formula is C12H10N4O5S. The lowest BCUT2D eigenvalue weighted by Crippen LogP contribution is -2.34. The van der Waals surface area contributed by atoms with Gasteiger partial charge in [-0.3, -0.25) is 25.5 Å². The number of rotatable bonds is 4. The van der Waals surface area contributed by atoms with Gasteiger partial charge in [-0.05, 0) is 35.6 Å². The number of benzene rings is 1. The van der Waals surface area contributed by atoms with Gasteiger partial charge >= 0.3 is 11.0 Å². The van der Waals surface area contributed by atoms with Gasteiger partial charge in [0.05, 0.1) is 12.0 Å². The van der Waals surface area contributed by atoms with Gasteiger partial charge in [0.25, 0.3) is 5.91 Å². The van der Waals surface area contributed by atoms with Gasteiger partial charge in [-0.25, -0.2) is 9.78 Å². The number of hydrogen-bond donors (Lipinski definition) is 2. The Morgan fingerprint density at radius 2 is 2.00 bits per heavy atom. The Kier molecular flexibility index (Phi) is 4.63. The molecule has 0 radical (unpaired) electrons. The standard InChI is InChI=1S/C12H10N4O5S/c1-21-8-4-2-7(3-5-8)10(17)14-11(18)15-12-13-6-9(22-12)16(19)20/h2-6H,1H3,(H2,13,14,15,17,18). The predicted molar refractivity (Wildman–Crippen MR) is 78.2 cm³/mol. The average molecular weight is 322 g/mol. The molecule has 22 heavy (non-hydrogen) atoms. The van der Waals surface area contributed by atoms with Crippen LogP contribution in [0.25, 0.3) is 0 Å². The van der Waals surface area contributed by atoms with Crippen molar-refractivity contribution in [2.24, 2.45) is 0 Å². The smallest absolute Gasteiger partial charge is 0.345 e. The quantitative estimate of drug-likeness (QED) is 0.655. The second kappa shape index (κ2) is 6.63. The third-order valence-corrected chi connectivity index (χ3v) is 3.34. The zero-order valence-electron chi connectivity index (χ0n) is 11.2. The van der Waals surface area contributed by atoms with E-state index >= 15 is 0 Å². The van der Waals surface area contributed by atoms with E-state index in [0.717, 1.165) is 6.20 Å². The van der Waals surface area contributed by atoms with Crippen molar-refractivity contribution in [3.05, 3.63) is 46.1 Å². The van der Waals surface area contributed by atoms with Crippen molar-refractivity contribution in [1.82, 2.24) is 10.3 Å². The molecule has 10 heteroatoms. The minimum atomic E-state index is -0.829. The number of ether oxygens (including phenoxy) is 1. The molecular weight excluding hydrogens is 312 g/mol. The van der Waals surface area contributed by atoms with Crippen LogP contribution in [-0.2, 0) is 0 Å². The number of urea groups is 1. The molecule has 1 aromatic carbocycles. The van der Waals surface area contributed by atoms with Gasteiger partial charge in [0.2, 0.25) is 0 Å². The van der Waals surface area contributed by atoms with Crippen molar-refractivity contribution in [3.8, 4) is 5.75 Å². The highest BCUT2D eigenvalue weighted by molar-refractivity contribution is 7.18. The Bertz CT molecular complexity index is 713. The highest BCUT2D eigenvalue weighted by Gasteiger charge is 2.15. The fourth-order valence-corrected chi connectivity index (χ4v) is 2.08. The summed E-state index contributed by atoms with van der Waals surface area (Å²) >= 11 is 0.687. The van der Waals surface area contributed by atoms with E-state index < -0.39 is 16.9 Å². The maximum absolute atomic E-state index is 11.8. The van der Waals surface area contributed by atoms with Gasteiger partial charge in [0.1, 0.15) is 11.9 Å². The van der Waals surface area contributed by atoms with E-state index in [-0.39, 0.29) is 15.7 Å². The summed E-state index contributed by atoms with van der Waals surface area (Å²) in [6.07, 6.45) is 1.02. The number of nitro groups is 1. The van der Waals surface area contributed by atoms with E-state index in [1.807, 2.05) is 0 Å². The normalized spacial score (nSPS) is 9.86. The fraction of sp³-hybridized carbons (Fsp3) is 0.0833. The molecule has 0 bridgehead atoms. The number of methoxy groups -OCH3 is 1. The van der Waals surface area contributed by atoms with Crippen molar-refractivity contribution in [2.45, 2.75) is 0 Å². The molecule has 2 rings (SSSR count). The van der Waals surface area contributed by atoms with Crippen molar-refractivity contribution in [3.63, 3.8) is 0 Å². The number of anilines is 1. The second-order valence-electron chi connectivity index (χ2n) is 3.90. The number of imide groups is 1. The van der Waals surface area contributed by atoms with Gasteiger partial charge in [-0.2, -0.15) is 0 Å². The van der Waals surface area contributed by atoms with Crippen LogP contribution in [0.15, 0.2) is 30.5 Å². The first-order valence-corrected chi connectivity index (χ1v) is 6.68. The zero-order valence-corrected chi connectivity index (χ0v) is 12.0. The number of nitrogens with zero attached hydrogens (tertiary/aromatic N) is 2. The number of carbonyl (C=O) groups excluding carboxylic acids is 2. The fourth-order valence-electron chi connectivity index (χ4n) is 1.45. The van der Waals surface area contributed by atoms with Crippen LogP contribution in [0.2, 0.25) is 0 Å². The van der Waals surface area contributed by atoms with Crippen LogP contribution in [0.4, 0.5) is 14.9 Å². The highest BCUT2D eigenvalue weighted by Crippen LogP contribution is 2.24. The van der Waals surface area contributed by atoms with E-state index in [0.29, 0.717) is 17.1 Å². The molecule has 0 aliphatic rings. The average Bonchev–Trinajstić information content (AvgIpc) is 2.95. The van der Waals surface area contributed by atoms with Crippen LogP contribution in [0.5, 0.6) is 5.75 Å². The summed E-state index contributed by atoms with van der Waals surface area (Å²) in [4.78, 5) is 37.0. The number of nitrogens with one attached hydrogen (secondary N) is 2. The van der Waals surface area contributed by atoms with Crippen molar-refractivity contribution in [2.75, 3.05) is 12.4 Å². The minimum Gasteiger partial charge on any atom is -0.497 e. The predicted octanol–water partition coefficient (Wildman–Crippen LogP) is 2.02. The van der Waals surface area contributed by atoms with Crippen LogP contribution in [-0.4, -0.2) is 29.0 Å². The lowest BCUT2D eigenvalue weighted by atomic mass is 10.2. The van der Waals surface area contributed by atoms with Gasteiger partial charge in [-0.1, -0.05) is 0 Å². The lowest BCUT2D eigenvalue weighted by molar-refractivity contribution is -0.380. The first-order chi connectivity index (χ1) is 10.5. The SMILES string of the molecule is COc1ccc(C(=O)NC(=O)Nc2ncc([N+](=O)[O-])s2)cc1. The molecule has 0 spiro atoms. The summed E-state index contributed by atoms with van der Waals surface area (Å²) < 4.78 is 4.96. The van der Waals surface area contributed by atoms with E-state index in [4.69, 9.17) is 4.74 Å². The maximum atomic E-state index is 11.8. The lowest BCUT2D eigenvalue weighted by Gasteiger charge is -2.05. The molecule has 1 aromatic heterocycles. The highest BCUT2D eigenvalue weighted by atomic mass is 32.1. The van der Waals surface area contributed by atoms with Crippen LogP contribution >= 0.6 is 11.3 Å². The first-order valence-electron chi connectivity index (χ1n) is 5.86. The summed E-state index contributed by atoms with van der Waals surface area (Å²) in [6.45, 7) is 0. The monoisotopic (exact) mass is 322 g/mol. The molecule has 2 aromatic rings. The third kappa shape index (κ3) is 3.76. The van der Waals surface area contributed by atoms with Crippen molar-refractivity contribution >= 4 is 33.4 Å². The Morgan fingerprint density at radius 1 is 1.32 bits per heavy atom. The van der Waals surface area contributed by atoms with Gasteiger partial charge in [0.15, 0.2) is 5.13 Å². The topological polar surface area (TPSA) is 123 Å². The van der Waals surface area contributed by atoms with E-state index in [2.05, 4.69) is 15.6 Å². The molecule has 9 nitrogen and oxygen atoms in total.